The van der Waals surface area contributed by atoms with Crippen LogP contribution >= 0.6 is 0 Å². The largest absolute Gasteiger partial charge is 0.462 e. The summed E-state index contributed by atoms with van der Waals surface area (Å²) < 4.78 is 5.05. The molecule has 1 unspecified atom stereocenters. The number of hydrogen-bond acceptors (Lipinski definition) is 3. The first kappa shape index (κ1) is 14.1. The zero-order valence-corrected chi connectivity index (χ0v) is 10.4. The summed E-state index contributed by atoms with van der Waals surface area (Å²) in [5.74, 6) is -0.548. The van der Waals surface area contributed by atoms with Crippen LogP contribution in [0.5, 0.6) is 0 Å². The highest BCUT2D eigenvalue weighted by molar-refractivity contribution is 5.97. The van der Waals surface area contributed by atoms with E-state index in [9.17, 15) is 9.59 Å². The Hall–Kier alpha value is -0.860. The van der Waals surface area contributed by atoms with Crippen molar-refractivity contribution in [1.29, 1.82) is 0 Å². The second kappa shape index (κ2) is 6.59. The first-order valence-corrected chi connectivity index (χ1v) is 5.55. The van der Waals surface area contributed by atoms with Crippen LogP contribution in [0.2, 0.25) is 0 Å². The van der Waals surface area contributed by atoms with E-state index in [0.717, 1.165) is 6.42 Å². The van der Waals surface area contributed by atoms with Gasteiger partial charge in [0.15, 0.2) is 0 Å². The Kier molecular flexibility index (Phi) is 6.21. The van der Waals surface area contributed by atoms with Gasteiger partial charge in [0.2, 0.25) is 0 Å². The molecule has 0 bridgehead atoms. The molecule has 0 amide bonds. The molecule has 0 N–H and O–H groups in total. The Morgan fingerprint density at radius 2 is 1.60 bits per heavy atom. The summed E-state index contributed by atoms with van der Waals surface area (Å²) in [7, 11) is 0. The summed E-state index contributed by atoms with van der Waals surface area (Å²) in [5, 5.41) is 0. The number of esters is 1. The van der Waals surface area contributed by atoms with Crippen LogP contribution in [0.25, 0.3) is 0 Å². The van der Waals surface area contributed by atoms with Crippen molar-refractivity contribution < 1.29 is 14.3 Å². The molecule has 15 heavy (non-hydrogen) atoms. The molecule has 0 fully saturated rings. The molecule has 0 aliphatic rings. The molecule has 0 radical (unpaired) electrons. The van der Waals surface area contributed by atoms with Crippen molar-refractivity contribution >= 4 is 11.8 Å². The SMILES string of the molecule is CC(=O)C(CCC(C)C)C(=O)OC(C)C. The van der Waals surface area contributed by atoms with Crippen LogP contribution in [0, 0.1) is 11.8 Å². The van der Waals surface area contributed by atoms with Gasteiger partial charge in [0, 0.05) is 0 Å². The van der Waals surface area contributed by atoms with Crippen LogP contribution in [-0.2, 0) is 14.3 Å². The highest BCUT2D eigenvalue weighted by Gasteiger charge is 2.25. The Morgan fingerprint density at radius 1 is 1.07 bits per heavy atom. The fraction of sp³-hybridized carbons (Fsp3) is 0.833. The lowest BCUT2D eigenvalue weighted by Crippen LogP contribution is -2.27. The van der Waals surface area contributed by atoms with Gasteiger partial charge in [0.25, 0.3) is 0 Å². The van der Waals surface area contributed by atoms with Crippen molar-refractivity contribution in [2.24, 2.45) is 11.8 Å². The number of rotatable bonds is 6. The lowest BCUT2D eigenvalue weighted by Gasteiger charge is -2.16. The molecule has 0 rings (SSSR count). The van der Waals surface area contributed by atoms with Gasteiger partial charge < -0.3 is 4.74 Å². The third kappa shape index (κ3) is 6.26. The number of ether oxygens (including phenoxy) is 1. The zero-order valence-electron chi connectivity index (χ0n) is 10.4. The van der Waals surface area contributed by atoms with E-state index in [4.69, 9.17) is 4.74 Å². The normalized spacial score (nSPS) is 13.0. The van der Waals surface area contributed by atoms with E-state index in [1.165, 1.54) is 6.92 Å². The Bertz CT molecular complexity index is 219. The molecule has 0 saturated carbocycles. The van der Waals surface area contributed by atoms with Gasteiger partial charge in [-0.2, -0.15) is 0 Å². The summed E-state index contributed by atoms with van der Waals surface area (Å²) >= 11 is 0. The fourth-order valence-corrected chi connectivity index (χ4v) is 1.30. The van der Waals surface area contributed by atoms with Crippen LogP contribution in [0.1, 0.15) is 47.5 Å². The van der Waals surface area contributed by atoms with E-state index >= 15 is 0 Å². The number of carbonyl (C=O) groups is 2. The maximum Gasteiger partial charge on any atom is 0.316 e. The van der Waals surface area contributed by atoms with Gasteiger partial charge in [-0.15, -0.1) is 0 Å². The maximum absolute atomic E-state index is 11.6. The Labute approximate surface area is 92.2 Å². The summed E-state index contributed by atoms with van der Waals surface area (Å²) in [4.78, 5) is 22.8. The lowest BCUT2D eigenvalue weighted by molar-refractivity contribution is -0.155. The van der Waals surface area contributed by atoms with Gasteiger partial charge in [-0.3, -0.25) is 9.59 Å². The molecule has 3 heteroatoms. The van der Waals surface area contributed by atoms with E-state index in [-0.39, 0.29) is 17.9 Å². The van der Waals surface area contributed by atoms with Crippen molar-refractivity contribution in [2.45, 2.75) is 53.6 Å². The highest BCUT2D eigenvalue weighted by atomic mass is 16.5. The van der Waals surface area contributed by atoms with Gasteiger partial charge in [0.05, 0.1) is 6.10 Å². The number of carbonyl (C=O) groups excluding carboxylic acids is 2. The molecule has 0 aromatic rings. The van der Waals surface area contributed by atoms with E-state index in [2.05, 4.69) is 13.8 Å². The van der Waals surface area contributed by atoms with Crippen LogP contribution in [0.3, 0.4) is 0 Å². The van der Waals surface area contributed by atoms with Gasteiger partial charge in [-0.1, -0.05) is 13.8 Å². The molecule has 1 atom stereocenters. The standard InChI is InChI=1S/C12H22O3/c1-8(2)6-7-11(10(5)13)12(14)15-9(3)4/h8-9,11H,6-7H2,1-5H3. The van der Waals surface area contributed by atoms with Gasteiger partial charge in [0.1, 0.15) is 11.7 Å². The van der Waals surface area contributed by atoms with Gasteiger partial charge >= 0.3 is 5.97 Å². The van der Waals surface area contributed by atoms with Gasteiger partial charge in [-0.25, -0.2) is 0 Å². The maximum atomic E-state index is 11.6. The molecule has 0 aromatic heterocycles. The molecule has 3 nitrogen and oxygen atoms in total. The Morgan fingerprint density at radius 3 is 1.93 bits per heavy atom. The van der Waals surface area contributed by atoms with E-state index < -0.39 is 5.92 Å². The predicted octanol–water partition coefficient (Wildman–Crippen LogP) is 2.58. The number of ketones is 1. The van der Waals surface area contributed by atoms with E-state index in [1.54, 1.807) is 13.8 Å². The molecule has 0 aliphatic heterocycles. The minimum Gasteiger partial charge on any atom is -0.462 e. The quantitative estimate of drug-likeness (QED) is 0.504. The summed E-state index contributed by atoms with van der Waals surface area (Å²) in [6, 6.07) is 0. The van der Waals surface area contributed by atoms with Crippen molar-refractivity contribution in [3.05, 3.63) is 0 Å². The molecular formula is C12H22O3. The van der Waals surface area contributed by atoms with Crippen LogP contribution < -0.4 is 0 Å². The molecule has 0 spiro atoms. The monoisotopic (exact) mass is 214 g/mol. The van der Waals surface area contributed by atoms with Crippen LogP contribution in [0.15, 0.2) is 0 Å². The fourth-order valence-electron chi connectivity index (χ4n) is 1.30. The third-order valence-corrected chi connectivity index (χ3v) is 2.16. The summed E-state index contributed by atoms with van der Waals surface area (Å²) in [6.07, 6.45) is 1.31. The Balaban J connectivity index is 4.26. The smallest absolute Gasteiger partial charge is 0.316 e. The number of Topliss-reactive ketones (excluding diaryl/α,β-unsaturated/α-hetero) is 1. The molecular weight excluding hydrogens is 192 g/mol. The van der Waals surface area contributed by atoms with Crippen molar-refractivity contribution in [2.75, 3.05) is 0 Å². The average Bonchev–Trinajstić information content (AvgIpc) is 2.01. The van der Waals surface area contributed by atoms with E-state index in [0.29, 0.717) is 12.3 Å². The second-order valence-corrected chi connectivity index (χ2v) is 4.62. The summed E-state index contributed by atoms with van der Waals surface area (Å²) in [6.45, 7) is 9.18. The topological polar surface area (TPSA) is 43.4 Å². The minimum atomic E-state index is -0.574. The zero-order chi connectivity index (χ0) is 12.0. The van der Waals surface area contributed by atoms with Crippen LogP contribution in [-0.4, -0.2) is 17.9 Å². The first-order chi connectivity index (χ1) is 6.84. The lowest BCUT2D eigenvalue weighted by atomic mass is 9.95. The predicted molar refractivity (Wildman–Crippen MR) is 59.5 cm³/mol. The number of hydrogen-bond donors (Lipinski definition) is 0. The molecule has 0 saturated heterocycles. The highest BCUT2D eigenvalue weighted by Crippen LogP contribution is 2.15. The first-order valence-electron chi connectivity index (χ1n) is 5.55. The van der Waals surface area contributed by atoms with E-state index in [1.807, 2.05) is 0 Å². The minimum absolute atomic E-state index is 0.0960. The molecule has 0 aliphatic carbocycles. The second-order valence-electron chi connectivity index (χ2n) is 4.62. The molecule has 0 aromatic carbocycles. The van der Waals surface area contributed by atoms with Crippen molar-refractivity contribution in [3.63, 3.8) is 0 Å². The average molecular weight is 214 g/mol. The summed E-state index contributed by atoms with van der Waals surface area (Å²) in [5.41, 5.74) is 0. The third-order valence-electron chi connectivity index (χ3n) is 2.16. The van der Waals surface area contributed by atoms with Crippen molar-refractivity contribution in [1.82, 2.24) is 0 Å². The van der Waals surface area contributed by atoms with Crippen LogP contribution in [0.4, 0.5) is 0 Å². The molecule has 0 heterocycles. The van der Waals surface area contributed by atoms with Gasteiger partial charge in [-0.05, 0) is 39.5 Å². The molecule has 88 valence electrons. The van der Waals surface area contributed by atoms with Crippen molar-refractivity contribution in [3.8, 4) is 0 Å².